The number of hydrogen-bond acceptors (Lipinski definition) is 5. The molecular formula is C19H21ClN4O2. The van der Waals surface area contributed by atoms with E-state index in [0.717, 1.165) is 53.5 Å². The Bertz CT molecular complexity index is 964. The Hall–Kier alpha value is -2.15. The molecule has 6 nitrogen and oxygen atoms in total. The first-order valence-electron chi connectivity index (χ1n) is 8.74. The van der Waals surface area contributed by atoms with Gasteiger partial charge in [-0.25, -0.2) is 9.67 Å². The quantitative estimate of drug-likeness (QED) is 0.729. The van der Waals surface area contributed by atoms with E-state index >= 15 is 0 Å². The van der Waals surface area contributed by atoms with E-state index in [1.54, 1.807) is 12.3 Å². The lowest BCUT2D eigenvalue weighted by molar-refractivity contribution is -0.0409. The summed E-state index contributed by atoms with van der Waals surface area (Å²) in [5.41, 5.74) is 9.19. The summed E-state index contributed by atoms with van der Waals surface area (Å²) >= 11 is 6.47. The van der Waals surface area contributed by atoms with Gasteiger partial charge in [-0.3, -0.25) is 0 Å². The Morgan fingerprint density at radius 3 is 2.92 bits per heavy atom. The number of fused-ring (bicyclic) bond motifs is 1. The van der Waals surface area contributed by atoms with E-state index < -0.39 is 0 Å². The minimum Gasteiger partial charge on any atom is -0.390 e. The highest BCUT2D eigenvalue weighted by molar-refractivity contribution is 6.36. The van der Waals surface area contributed by atoms with Crippen LogP contribution in [0.5, 0.6) is 0 Å². The molecule has 0 aliphatic carbocycles. The Balaban J connectivity index is 1.87. The number of hydrogen-bond donors (Lipinski definition) is 2. The van der Waals surface area contributed by atoms with Gasteiger partial charge in [-0.05, 0) is 55.3 Å². The minimum absolute atomic E-state index is 0.0847. The van der Waals surface area contributed by atoms with Crippen LogP contribution in [0.15, 0.2) is 24.4 Å². The molecule has 0 radical (unpaired) electrons. The maximum absolute atomic E-state index is 9.86. The number of pyridine rings is 1. The summed E-state index contributed by atoms with van der Waals surface area (Å²) < 4.78 is 7.76. The van der Waals surface area contributed by atoms with Crippen LogP contribution in [0.25, 0.3) is 21.9 Å². The molecule has 3 N–H and O–H groups in total. The lowest BCUT2D eigenvalue weighted by atomic mass is 10.00. The average Bonchev–Trinajstić information content (AvgIpc) is 2.98. The fraction of sp³-hybridized carbons (Fsp3) is 0.368. The van der Waals surface area contributed by atoms with Crippen molar-refractivity contribution in [2.24, 2.45) is 0 Å². The van der Waals surface area contributed by atoms with Gasteiger partial charge in [-0.1, -0.05) is 11.6 Å². The van der Waals surface area contributed by atoms with Gasteiger partial charge in [0.15, 0.2) is 0 Å². The lowest BCUT2D eigenvalue weighted by Crippen LogP contribution is -2.20. The first kappa shape index (κ1) is 17.3. The van der Waals surface area contributed by atoms with E-state index in [1.807, 2.05) is 23.7 Å². The third-order valence-electron chi connectivity index (χ3n) is 4.90. The number of benzene rings is 1. The van der Waals surface area contributed by atoms with Crippen molar-refractivity contribution in [1.82, 2.24) is 14.8 Å². The summed E-state index contributed by atoms with van der Waals surface area (Å²) in [5.74, 6) is 0.441. The van der Waals surface area contributed by atoms with Crippen LogP contribution in [0, 0.1) is 6.92 Å². The molecule has 1 aromatic carbocycles. The third-order valence-corrected chi connectivity index (χ3v) is 5.21. The first-order chi connectivity index (χ1) is 12.6. The van der Waals surface area contributed by atoms with Crippen LogP contribution in [-0.4, -0.2) is 26.5 Å². The van der Waals surface area contributed by atoms with Gasteiger partial charge in [-0.2, -0.15) is 5.10 Å². The van der Waals surface area contributed by atoms with Crippen molar-refractivity contribution in [3.05, 3.63) is 40.8 Å². The van der Waals surface area contributed by atoms with Gasteiger partial charge in [0.1, 0.15) is 12.0 Å². The van der Waals surface area contributed by atoms with Crippen LogP contribution in [0.3, 0.4) is 0 Å². The smallest absolute Gasteiger partial charge is 0.150 e. The molecule has 3 aromatic rings. The maximum atomic E-state index is 9.86. The standard InChI is InChI=1S/C19H21ClN4O2/c1-11-19(16(10-25)23-24(11)18-4-2-3-5-26-18)13-6-12-8-17(21)22-9-14(12)15(20)7-13/h6-9,18,25H,2-5,10H2,1H3,(H2,21,22). The monoisotopic (exact) mass is 372 g/mol. The highest BCUT2D eigenvalue weighted by atomic mass is 35.5. The number of nitrogens with two attached hydrogens (primary N) is 1. The summed E-state index contributed by atoms with van der Waals surface area (Å²) in [6, 6.07) is 5.69. The summed E-state index contributed by atoms with van der Waals surface area (Å²) in [6.07, 6.45) is 4.70. The number of aromatic nitrogens is 3. The van der Waals surface area contributed by atoms with E-state index in [2.05, 4.69) is 10.1 Å². The van der Waals surface area contributed by atoms with Crippen molar-refractivity contribution in [3.8, 4) is 11.1 Å². The molecule has 1 saturated heterocycles. The number of nitrogen functional groups attached to an aromatic ring is 1. The van der Waals surface area contributed by atoms with E-state index in [9.17, 15) is 5.11 Å². The van der Waals surface area contributed by atoms with Crippen LogP contribution < -0.4 is 5.73 Å². The zero-order valence-electron chi connectivity index (χ0n) is 14.6. The Morgan fingerprint density at radius 2 is 2.19 bits per heavy atom. The van der Waals surface area contributed by atoms with Gasteiger partial charge >= 0.3 is 0 Å². The van der Waals surface area contributed by atoms with E-state index in [1.165, 1.54) is 0 Å². The largest absolute Gasteiger partial charge is 0.390 e. The lowest BCUT2D eigenvalue weighted by Gasteiger charge is -2.24. The molecule has 3 heterocycles. The van der Waals surface area contributed by atoms with Crippen molar-refractivity contribution in [1.29, 1.82) is 0 Å². The second kappa shape index (κ2) is 6.87. The van der Waals surface area contributed by atoms with Crippen molar-refractivity contribution in [2.45, 2.75) is 39.0 Å². The summed E-state index contributed by atoms with van der Waals surface area (Å²) in [6.45, 7) is 2.59. The highest BCUT2D eigenvalue weighted by Crippen LogP contribution is 2.36. The fourth-order valence-electron chi connectivity index (χ4n) is 3.64. The predicted molar refractivity (Wildman–Crippen MR) is 102 cm³/mol. The van der Waals surface area contributed by atoms with Gasteiger partial charge in [0.2, 0.25) is 0 Å². The SMILES string of the molecule is Cc1c(-c2cc(Cl)c3cnc(N)cc3c2)c(CO)nn1C1CCCCO1. The molecule has 0 spiro atoms. The zero-order valence-corrected chi connectivity index (χ0v) is 15.3. The molecule has 1 fully saturated rings. The molecule has 1 atom stereocenters. The Labute approximate surface area is 156 Å². The molecule has 1 aliphatic rings. The van der Waals surface area contributed by atoms with Crippen LogP contribution in [0.2, 0.25) is 5.02 Å². The van der Waals surface area contributed by atoms with Crippen molar-refractivity contribution < 1.29 is 9.84 Å². The average molecular weight is 373 g/mol. The van der Waals surface area contributed by atoms with Gasteiger partial charge < -0.3 is 15.6 Å². The van der Waals surface area contributed by atoms with Gasteiger partial charge in [-0.15, -0.1) is 0 Å². The predicted octanol–water partition coefficient (Wildman–Crippen LogP) is 3.83. The number of aliphatic hydroxyl groups is 1. The van der Waals surface area contributed by atoms with Gasteiger partial charge in [0.25, 0.3) is 0 Å². The maximum Gasteiger partial charge on any atom is 0.150 e. The van der Waals surface area contributed by atoms with Crippen LogP contribution >= 0.6 is 11.6 Å². The molecule has 1 aliphatic heterocycles. The van der Waals surface area contributed by atoms with Crippen LogP contribution in [0.1, 0.15) is 36.9 Å². The number of nitrogens with zero attached hydrogens (tertiary/aromatic N) is 3. The van der Waals surface area contributed by atoms with Gasteiger partial charge in [0, 0.05) is 29.4 Å². The van der Waals surface area contributed by atoms with E-state index in [0.29, 0.717) is 16.5 Å². The van der Waals surface area contributed by atoms with Crippen molar-refractivity contribution in [2.75, 3.05) is 12.3 Å². The first-order valence-corrected chi connectivity index (χ1v) is 9.12. The molecule has 0 amide bonds. The number of ether oxygens (including phenoxy) is 1. The number of anilines is 1. The van der Waals surface area contributed by atoms with Crippen LogP contribution in [0.4, 0.5) is 5.82 Å². The summed E-state index contributed by atoms with van der Waals surface area (Å²) in [4.78, 5) is 4.11. The molecule has 0 bridgehead atoms. The molecule has 26 heavy (non-hydrogen) atoms. The number of aliphatic hydroxyl groups excluding tert-OH is 1. The molecule has 7 heteroatoms. The summed E-state index contributed by atoms with van der Waals surface area (Å²) in [5, 5.41) is 16.8. The van der Waals surface area contributed by atoms with E-state index in [4.69, 9.17) is 22.1 Å². The van der Waals surface area contributed by atoms with Crippen molar-refractivity contribution >= 4 is 28.2 Å². The number of rotatable bonds is 3. The molecule has 0 saturated carbocycles. The summed E-state index contributed by atoms with van der Waals surface area (Å²) in [7, 11) is 0. The Kier molecular flexibility index (Phi) is 4.56. The molecule has 136 valence electrons. The minimum atomic E-state index is -0.149. The third kappa shape index (κ3) is 2.94. The molecule has 1 unspecified atom stereocenters. The highest BCUT2D eigenvalue weighted by Gasteiger charge is 2.24. The van der Waals surface area contributed by atoms with Crippen molar-refractivity contribution in [3.63, 3.8) is 0 Å². The topological polar surface area (TPSA) is 86.2 Å². The zero-order chi connectivity index (χ0) is 18.3. The second-order valence-electron chi connectivity index (χ2n) is 6.62. The second-order valence-corrected chi connectivity index (χ2v) is 7.03. The molecular weight excluding hydrogens is 352 g/mol. The van der Waals surface area contributed by atoms with Crippen LogP contribution in [-0.2, 0) is 11.3 Å². The normalized spacial score (nSPS) is 17.7. The molecule has 2 aromatic heterocycles. The Morgan fingerprint density at radius 1 is 1.35 bits per heavy atom. The molecule has 4 rings (SSSR count). The fourth-order valence-corrected chi connectivity index (χ4v) is 3.91. The van der Waals surface area contributed by atoms with Gasteiger partial charge in [0.05, 0.1) is 17.3 Å². The van der Waals surface area contributed by atoms with E-state index in [-0.39, 0.29) is 12.8 Å². The number of halogens is 1.